The van der Waals surface area contributed by atoms with Crippen molar-refractivity contribution < 1.29 is 0 Å². The van der Waals surface area contributed by atoms with Crippen LogP contribution in [0.25, 0.3) is 11.4 Å². The average Bonchev–Trinajstić information content (AvgIpc) is 2.48. The SMILES string of the molecule is Cc1[nH]c(-c2ccc(Br)cc2)nc1N. The fourth-order valence-electron chi connectivity index (χ4n) is 1.22. The molecule has 1 aromatic heterocycles. The Bertz CT molecular complexity index is 425. The third-order valence-corrected chi connectivity index (χ3v) is 2.57. The number of hydrogen-bond acceptors (Lipinski definition) is 2. The minimum atomic E-state index is 0.558. The van der Waals surface area contributed by atoms with Crippen molar-refractivity contribution in [3.63, 3.8) is 0 Å². The molecule has 4 heteroatoms. The minimum absolute atomic E-state index is 0.558. The molecule has 0 radical (unpaired) electrons. The molecule has 2 aromatic rings. The zero-order chi connectivity index (χ0) is 10.1. The summed E-state index contributed by atoms with van der Waals surface area (Å²) < 4.78 is 1.05. The molecule has 0 fully saturated rings. The molecule has 0 atom stereocenters. The van der Waals surface area contributed by atoms with Crippen LogP contribution in [0.3, 0.4) is 0 Å². The molecule has 1 heterocycles. The van der Waals surface area contributed by atoms with Gasteiger partial charge in [-0.2, -0.15) is 0 Å². The molecular formula is C10H10BrN3. The number of nitrogen functional groups attached to an aromatic ring is 1. The normalized spacial score (nSPS) is 10.4. The number of nitrogens with zero attached hydrogens (tertiary/aromatic N) is 1. The van der Waals surface area contributed by atoms with Gasteiger partial charge >= 0.3 is 0 Å². The first kappa shape index (κ1) is 9.27. The second kappa shape index (κ2) is 3.46. The summed E-state index contributed by atoms with van der Waals surface area (Å²) in [5.41, 5.74) is 7.60. The molecule has 2 rings (SSSR count). The molecule has 0 bridgehead atoms. The number of nitrogens with one attached hydrogen (secondary N) is 1. The van der Waals surface area contributed by atoms with Crippen molar-refractivity contribution in [2.24, 2.45) is 0 Å². The van der Waals surface area contributed by atoms with Crippen LogP contribution < -0.4 is 5.73 Å². The van der Waals surface area contributed by atoms with Crippen molar-refractivity contribution in [1.82, 2.24) is 9.97 Å². The van der Waals surface area contributed by atoms with Gasteiger partial charge < -0.3 is 10.7 Å². The smallest absolute Gasteiger partial charge is 0.145 e. The van der Waals surface area contributed by atoms with Gasteiger partial charge in [0.2, 0.25) is 0 Å². The topological polar surface area (TPSA) is 54.7 Å². The highest BCUT2D eigenvalue weighted by Crippen LogP contribution is 2.20. The van der Waals surface area contributed by atoms with Crippen LogP contribution in [0.4, 0.5) is 5.82 Å². The molecular weight excluding hydrogens is 242 g/mol. The predicted octanol–water partition coefficient (Wildman–Crippen LogP) is 2.73. The lowest BCUT2D eigenvalue weighted by atomic mass is 10.2. The lowest BCUT2D eigenvalue weighted by Gasteiger charge is -1.95. The summed E-state index contributed by atoms with van der Waals surface area (Å²) in [7, 11) is 0. The Kier molecular flexibility index (Phi) is 2.29. The van der Waals surface area contributed by atoms with Gasteiger partial charge in [-0.25, -0.2) is 4.98 Å². The van der Waals surface area contributed by atoms with Gasteiger partial charge in [0.05, 0.1) is 5.69 Å². The first-order valence-corrected chi connectivity index (χ1v) is 5.04. The highest BCUT2D eigenvalue weighted by Gasteiger charge is 2.04. The molecule has 3 nitrogen and oxygen atoms in total. The molecule has 14 heavy (non-hydrogen) atoms. The van der Waals surface area contributed by atoms with Crippen LogP contribution in [0.5, 0.6) is 0 Å². The Morgan fingerprint density at radius 3 is 2.43 bits per heavy atom. The molecule has 1 aromatic carbocycles. The maximum Gasteiger partial charge on any atom is 0.145 e. The summed E-state index contributed by atoms with van der Waals surface area (Å²) in [4.78, 5) is 7.35. The second-order valence-corrected chi connectivity index (χ2v) is 4.02. The number of aromatic amines is 1. The first-order chi connectivity index (χ1) is 6.66. The van der Waals surface area contributed by atoms with Gasteiger partial charge in [0, 0.05) is 10.0 Å². The lowest BCUT2D eigenvalue weighted by Crippen LogP contribution is -1.85. The predicted molar refractivity (Wildman–Crippen MR) is 60.9 cm³/mol. The van der Waals surface area contributed by atoms with Gasteiger partial charge in [0.25, 0.3) is 0 Å². The fraction of sp³-hybridized carbons (Fsp3) is 0.100. The number of benzene rings is 1. The maximum atomic E-state index is 5.66. The van der Waals surface area contributed by atoms with Crippen LogP contribution in [0.2, 0.25) is 0 Å². The third-order valence-electron chi connectivity index (χ3n) is 2.04. The number of imidazole rings is 1. The molecule has 0 aliphatic heterocycles. The molecule has 0 unspecified atom stereocenters. The Morgan fingerprint density at radius 2 is 1.93 bits per heavy atom. The van der Waals surface area contributed by atoms with Gasteiger partial charge in [-0.3, -0.25) is 0 Å². The van der Waals surface area contributed by atoms with E-state index in [-0.39, 0.29) is 0 Å². The summed E-state index contributed by atoms with van der Waals surface area (Å²) in [6.45, 7) is 1.91. The van der Waals surface area contributed by atoms with E-state index in [1.54, 1.807) is 0 Å². The standard InChI is InChI=1S/C10H10BrN3/c1-6-9(12)14-10(13-6)7-2-4-8(11)5-3-7/h2-5H,12H2,1H3,(H,13,14). The van der Waals surface area contributed by atoms with E-state index < -0.39 is 0 Å². The van der Waals surface area contributed by atoms with Gasteiger partial charge in [0.15, 0.2) is 0 Å². The number of hydrogen-bond donors (Lipinski definition) is 2. The molecule has 3 N–H and O–H groups in total. The van der Waals surface area contributed by atoms with Crippen LogP contribution in [-0.2, 0) is 0 Å². The van der Waals surface area contributed by atoms with E-state index in [2.05, 4.69) is 25.9 Å². The molecule has 0 amide bonds. The molecule has 0 saturated carbocycles. The quantitative estimate of drug-likeness (QED) is 0.819. The van der Waals surface area contributed by atoms with Crippen LogP contribution in [0, 0.1) is 6.92 Å². The molecule has 0 aliphatic rings. The number of anilines is 1. The molecule has 0 spiro atoms. The van der Waals surface area contributed by atoms with E-state index in [4.69, 9.17) is 5.73 Å². The summed E-state index contributed by atoms with van der Waals surface area (Å²) in [6, 6.07) is 7.93. The third kappa shape index (κ3) is 1.65. The number of nitrogens with two attached hydrogens (primary N) is 1. The average molecular weight is 252 g/mol. The van der Waals surface area contributed by atoms with E-state index in [1.165, 1.54) is 0 Å². The van der Waals surface area contributed by atoms with Crippen molar-refractivity contribution >= 4 is 21.7 Å². The van der Waals surface area contributed by atoms with E-state index in [0.29, 0.717) is 5.82 Å². The highest BCUT2D eigenvalue weighted by molar-refractivity contribution is 9.10. The zero-order valence-corrected chi connectivity index (χ0v) is 9.30. The minimum Gasteiger partial charge on any atom is -0.382 e. The Hall–Kier alpha value is -1.29. The summed E-state index contributed by atoms with van der Waals surface area (Å²) in [5, 5.41) is 0. The van der Waals surface area contributed by atoms with Gasteiger partial charge in [0.1, 0.15) is 11.6 Å². The van der Waals surface area contributed by atoms with E-state index in [9.17, 15) is 0 Å². The Labute approximate surface area is 90.5 Å². The van der Waals surface area contributed by atoms with Gasteiger partial charge in [-0.1, -0.05) is 28.1 Å². The van der Waals surface area contributed by atoms with Crippen LogP contribution in [0.15, 0.2) is 28.7 Å². The number of rotatable bonds is 1. The van der Waals surface area contributed by atoms with Crippen molar-refractivity contribution in [2.75, 3.05) is 5.73 Å². The van der Waals surface area contributed by atoms with Crippen LogP contribution in [0.1, 0.15) is 5.69 Å². The maximum absolute atomic E-state index is 5.66. The molecule has 0 aliphatic carbocycles. The van der Waals surface area contributed by atoms with Crippen LogP contribution >= 0.6 is 15.9 Å². The monoisotopic (exact) mass is 251 g/mol. The number of halogens is 1. The Balaban J connectivity index is 2.44. The van der Waals surface area contributed by atoms with Crippen molar-refractivity contribution in [3.8, 4) is 11.4 Å². The van der Waals surface area contributed by atoms with E-state index >= 15 is 0 Å². The zero-order valence-electron chi connectivity index (χ0n) is 7.71. The largest absolute Gasteiger partial charge is 0.382 e. The number of H-pyrrole nitrogens is 1. The van der Waals surface area contributed by atoms with Crippen LogP contribution in [-0.4, -0.2) is 9.97 Å². The second-order valence-electron chi connectivity index (χ2n) is 3.10. The van der Waals surface area contributed by atoms with Crippen molar-refractivity contribution in [1.29, 1.82) is 0 Å². The molecule has 0 saturated heterocycles. The first-order valence-electron chi connectivity index (χ1n) is 4.25. The Morgan fingerprint density at radius 1 is 1.29 bits per heavy atom. The fourth-order valence-corrected chi connectivity index (χ4v) is 1.48. The van der Waals surface area contributed by atoms with Crippen molar-refractivity contribution in [2.45, 2.75) is 6.92 Å². The van der Waals surface area contributed by atoms with E-state index in [0.717, 1.165) is 21.6 Å². The summed E-state index contributed by atoms with van der Waals surface area (Å²) >= 11 is 3.38. The van der Waals surface area contributed by atoms with Crippen molar-refractivity contribution in [3.05, 3.63) is 34.4 Å². The molecule has 72 valence electrons. The summed E-state index contributed by atoms with van der Waals surface area (Å²) in [5.74, 6) is 1.37. The van der Waals surface area contributed by atoms with Gasteiger partial charge in [-0.05, 0) is 19.1 Å². The number of aryl methyl sites for hydroxylation is 1. The van der Waals surface area contributed by atoms with Gasteiger partial charge in [-0.15, -0.1) is 0 Å². The lowest BCUT2D eigenvalue weighted by molar-refractivity contribution is 1.25. The summed E-state index contributed by atoms with van der Waals surface area (Å²) in [6.07, 6.45) is 0. The van der Waals surface area contributed by atoms with E-state index in [1.807, 2.05) is 31.2 Å². The highest BCUT2D eigenvalue weighted by atomic mass is 79.9. The number of aromatic nitrogens is 2.